The number of fused-ring (bicyclic) bond motifs is 1. The van der Waals surface area contributed by atoms with Gasteiger partial charge in [-0.05, 0) is 49.2 Å². The van der Waals surface area contributed by atoms with E-state index < -0.39 is 0 Å². The lowest BCUT2D eigenvalue weighted by atomic mass is 10.1. The first-order valence-electron chi connectivity index (χ1n) is 8.99. The highest BCUT2D eigenvalue weighted by Crippen LogP contribution is 2.23. The number of amides is 1. The number of nitrogens with one attached hydrogen (secondary N) is 2. The Hall–Kier alpha value is -3.40. The number of rotatable bonds is 4. The molecule has 1 heterocycles. The third kappa shape index (κ3) is 3.60. The van der Waals surface area contributed by atoms with E-state index in [2.05, 4.69) is 16.4 Å². The number of hydrogen-bond acceptors (Lipinski definition) is 2. The lowest BCUT2D eigenvalue weighted by Crippen LogP contribution is -2.30. The maximum Gasteiger partial charge on any atom is 0.252 e. The summed E-state index contributed by atoms with van der Waals surface area (Å²) < 4.78 is 0. The van der Waals surface area contributed by atoms with Crippen molar-refractivity contribution in [1.29, 1.82) is 0 Å². The van der Waals surface area contributed by atoms with Gasteiger partial charge in [-0.2, -0.15) is 0 Å². The van der Waals surface area contributed by atoms with Crippen molar-refractivity contribution in [1.82, 2.24) is 15.3 Å². The van der Waals surface area contributed by atoms with Crippen LogP contribution < -0.4 is 5.32 Å². The Morgan fingerprint density at radius 2 is 1.70 bits per heavy atom. The maximum atomic E-state index is 12.9. The van der Waals surface area contributed by atoms with Gasteiger partial charge in [0.2, 0.25) is 0 Å². The summed E-state index contributed by atoms with van der Waals surface area (Å²) in [7, 11) is 0. The second-order valence-corrected chi connectivity index (χ2v) is 6.83. The summed E-state index contributed by atoms with van der Waals surface area (Å²) in [4.78, 5) is 21.0. The zero-order valence-corrected chi connectivity index (χ0v) is 15.4. The molecule has 0 aliphatic rings. The molecule has 1 aromatic heterocycles. The van der Waals surface area contributed by atoms with Crippen LogP contribution in [-0.2, 0) is 0 Å². The molecule has 27 heavy (non-hydrogen) atoms. The van der Waals surface area contributed by atoms with Crippen LogP contribution in [0.4, 0.5) is 0 Å². The molecule has 4 heteroatoms. The summed E-state index contributed by atoms with van der Waals surface area (Å²) in [5, 5.41) is 3.14. The first-order chi connectivity index (χ1) is 13.1. The molecule has 0 fully saturated rings. The molecular formula is C23H21N3O. The number of benzene rings is 3. The van der Waals surface area contributed by atoms with Crippen LogP contribution in [0, 0.1) is 13.8 Å². The summed E-state index contributed by atoms with van der Waals surface area (Å²) in [5.74, 6) is 0.604. The molecule has 1 amide bonds. The van der Waals surface area contributed by atoms with Crippen molar-refractivity contribution in [3.63, 3.8) is 0 Å². The molecule has 0 aliphatic heterocycles. The van der Waals surface area contributed by atoms with Gasteiger partial charge in [-0.25, -0.2) is 4.98 Å². The summed E-state index contributed by atoms with van der Waals surface area (Å²) in [6, 6.07) is 23.2. The van der Waals surface area contributed by atoms with Crippen LogP contribution in [0.25, 0.3) is 11.0 Å². The van der Waals surface area contributed by atoms with Gasteiger partial charge in [0.15, 0.2) is 0 Å². The minimum Gasteiger partial charge on any atom is -0.340 e. The molecule has 0 spiro atoms. The van der Waals surface area contributed by atoms with Gasteiger partial charge >= 0.3 is 0 Å². The molecule has 4 rings (SSSR count). The Bertz CT molecular complexity index is 1100. The van der Waals surface area contributed by atoms with Crippen LogP contribution in [0.5, 0.6) is 0 Å². The van der Waals surface area contributed by atoms with E-state index in [0.717, 1.165) is 33.5 Å². The van der Waals surface area contributed by atoms with E-state index in [-0.39, 0.29) is 11.9 Å². The lowest BCUT2D eigenvalue weighted by Gasteiger charge is -2.17. The molecule has 4 aromatic rings. The van der Waals surface area contributed by atoms with Gasteiger partial charge in [-0.3, -0.25) is 4.79 Å². The van der Waals surface area contributed by atoms with E-state index in [1.165, 1.54) is 0 Å². The number of H-pyrrole nitrogens is 1. The van der Waals surface area contributed by atoms with Gasteiger partial charge in [0.1, 0.15) is 11.9 Å². The highest BCUT2D eigenvalue weighted by atomic mass is 16.1. The van der Waals surface area contributed by atoms with Gasteiger partial charge in [-0.1, -0.05) is 54.1 Å². The Kier molecular flexibility index (Phi) is 4.47. The fourth-order valence-corrected chi connectivity index (χ4v) is 3.24. The zero-order chi connectivity index (χ0) is 18.8. The number of nitrogens with zero attached hydrogens (tertiary/aromatic N) is 1. The molecule has 4 nitrogen and oxygen atoms in total. The molecular weight excluding hydrogens is 334 g/mol. The Balaban J connectivity index is 1.73. The third-order valence-corrected chi connectivity index (χ3v) is 4.62. The van der Waals surface area contributed by atoms with E-state index in [9.17, 15) is 4.79 Å². The average molecular weight is 355 g/mol. The number of aryl methyl sites for hydroxylation is 2. The Morgan fingerprint density at radius 3 is 2.48 bits per heavy atom. The van der Waals surface area contributed by atoms with Crippen molar-refractivity contribution >= 4 is 16.9 Å². The van der Waals surface area contributed by atoms with Crippen molar-refractivity contribution in [2.24, 2.45) is 0 Å². The van der Waals surface area contributed by atoms with Crippen LogP contribution in [-0.4, -0.2) is 15.9 Å². The topological polar surface area (TPSA) is 57.8 Å². The second kappa shape index (κ2) is 7.08. The van der Waals surface area contributed by atoms with Crippen LogP contribution in [0.2, 0.25) is 0 Å². The summed E-state index contributed by atoms with van der Waals surface area (Å²) >= 11 is 0. The van der Waals surface area contributed by atoms with E-state index in [4.69, 9.17) is 4.98 Å². The quantitative estimate of drug-likeness (QED) is 0.557. The van der Waals surface area contributed by atoms with E-state index in [1.807, 2.05) is 80.6 Å². The van der Waals surface area contributed by atoms with Crippen molar-refractivity contribution in [3.05, 3.63) is 101 Å². The molecule has 2 N–H and O–H groups in total. The maximum absolute atomic E-state index is 12.9. The molecule has 1 unspecified atom stereocenters. The van der Waals surface area contributed by atoms with E-state index >= 15 is 0 Å². The number of imidazole rings is 1. The van der Waals surface area contributed by atoms with Gasteiger partial charge in [-0.15, -0.1) is 0 Å². The van der Waals surface area contributed by atoms with Crippen LogP contribution in [0.15, 0.2) is 72.8 Å². The first kappa shape index (κ1) is 17.0. The summed E-state index contributed by atoms with van der Waals surface area (Å²) in [6.07, 6.45) is 0. The molecule has 1 atom stereocenters. The Morgan fingerprint density at radius 1 is 0.926 bits per heavy atom. The van der Waals surface area contributed by atoms with E-state index in [0.29, 0.717) is 5.56 Å². The van der Waals surface area contributed by atoms with Crippen molar-refractivity contribution < 1.29 is 4.79 Å². The van der Waals surface area contributed by atoms with Crippen LogP contribution >= 0.6 is 0 Å². The van der Waals surface area contributed by atoms with Gasteiger partial charge < -0.3 is 10.3 Å². The van der Waals surface area contributed by atoms with Crippen LogP contribution in [0.1, 0.15) is 38.9 Å². The SMILES string of the molecule is Cc1cccc(C(=O)NC(c2ccccc2)c2nc3ccc(C)cc3[nH]2)c1. The number of carbonyl (C=O) groups is 1. The molecule has 0 saturated carbocycles. The monoisotopic (exact) mass is 355 g/mol. The standard InChI is InChI=1S/C23H21N3O/c1-15-7-6-10-18(13-15)23(27)26-21(17-8-4-3-5-9-17)22-24-19-12-11-16(2)14-20(19)25-22/h3-14,21H,1-2H3,(H,24,25)(H,26,27). The van der Waals surface area contributed by atoms with Crippen molar-refractivity contribution in [2.45, 2.75) is 19.9 Å². The fourth-order valence-electron chi connectivity index (χ4n) is 3.24. The number of aromatic amines is 1. The highest BCUT2D eigenvalue weighted by Gasteiger charge is 2.21. The lowest BCUT2D eigenvalue weighted by molar-refractivity contribution is 0.0941. The van der Waals surface area contributed by atoms with Gasteiger partial charge in [0.05, 0.1) is 11.0 Å². The van der Waals surface area contributed by atoms with Gasteiger partial charge in [0.25, 0.3) is 5.91 Å². The summed E-state index contributed by atoms with van der Waals surface area (Å²) in [6.45, 7) is 4.03. The average Bonchev–Trinajstić information content (AvgIpc) is 3.09. The number of hydrogen-bond donors (Lipinski definition) is 2. The highest BCUT2D eigenvalue weighted by molar-refractivity contribution is 5.94. The smallest absolute Gasteiger partial charge is 0.252 e. The largest absolute Gasteiger partial charge is 0.340 e. The molecule has 3 aromatic carbocycles. The van der Waals surface area contributed by atoms with Gasteiger partial charge in [0, 0.05) is 5.56 Å². The van der Waals surface area contributed by atoms with E-state index in [1.54, 1.807) is 0 Å². The van der Waals surface area contributed by atoms with Crippen molar-refractivity contribution in [3.8, 4) is 0 Å². The molecule has 0 radical (unpaired) electrons. The third-order valence-electron chi connectivity index (χ3n) is 4.62. The minimum absolute atomic E-state index is 0.121. The molecule has 134 valence electrons. The molecule has 0 saturated heterocycles. The predicted molar refractivity (Wildman–Crippen MR) is 108 cm³/mol. The first-order valence-corrected chi connectivity index (χ1v) is 8.99. The fraction of sp³-hybridized carbons (Fsp3) is 0.130. The summed E-state index contributed by atoms with van der Waals surface area (Å²) in [5.41, 5.74) is 5.70. The van der Waals surface area contributed by atoms with Crippen molar-refractivity contribution in [2.75, 3.05) is 0 Å². The molecule has 0 bridgehead atoms. The normalized spacial score (nSPS) is 12.1. The second-order valence-electron chi connectivity index (χ2n) is 6.83. The minimum atomic E-state index is -0.355. The number of carbonyl (C=O) groups excluding carboxylic acids is 1. The van der Waals surface area contributed by atoms with Crippen LogP contribution in [0.3, 0.4) is 0 Å². The predicted octanol–water partition coefficient (Wildman–Crippen LogP) is 4.70. The Labute approximate surface area is 158 Å². The zero-order valence-electron chi connectivity index (χ0n) is 15.4. The molecule has 0 aliphatic carbocycles. The number of aromatic nitrogens is 2.